The Morgan fingerprint density at radius 3 is 3.00 bits per heavy atom. The van der Waals surface area contributed by atoms with Crippen molar-refractivity contribution in [1.29, 1.82) is 0 Å². The van der Waals surface area contributed by atoms with Crippen molar-refractivity contribution in [2.24, 2.45) is 0 Å². The third kappa shape index (κ3) is 2.48. The molecule has 1 aliphatic heterocycles. The molecule has 11 heavy (non-hydrogen) atoms. The van der Waals surface area contributed by atoms with Crippen LogP contribution in [0.25, 0.3) is 0 Å². The quantitative estimate of drug-likeness (QED) is 0.532. The summed E-state index contributed by atoms with van der Waals surface area (Å²) in [4.78, 5) is 10.9. The predicted molar refractivity (Wildman–Crippen MR) is 40.1 cm³/mol. The van der Waals surface area contributed by atoms with Crippen LogP contribution in [0.5, 0.6) is 0 Å². The number of amides is 1. The fraction of sp³-hybridized carbons (Fsp3) is 0.857. The first kappa shape index (κ1) is 8.49. The first-order chi connectivity index (χ1) is 5.20. The molecule has 2 N–H and O–H groups in total. The molecule has 1 rings (SSSR count). The molecule has 2 atom stereocenters. The summed E-state index contributed by atoms with van der Waals surface area (Å²) < 4.78 is 0. The molecule has 63 valence electrons. The normalized spacial score (nSPS) is 26.5. The zero-order valence-electron chi connectivity index (χ0n) is 6.58. The third-order valence-electron chi connectivity index (χ3n) is 1.71. The Labute approximate surface area is 66.0 Å². The van der Waals surface area contributed by atoms with E-state index in [0.717, 1.165) is 13.0 Å². The molecule has 1 amide bonds. The molecule has 1 fully saturated rings. The van der Waals surface area contributed by atoms with Gasteiger partial charge >= 0.3 is 0 Å². The topological polar surface area (TPSA) is 63.4 Å². The largest absolute Gasteiger partial charge is 0.384 e. The molecule has 1 saturated heterocycles. The van der Waals surface area contributed by atoms with Crippen LogP contribution in [0.2, 0.25) is 0 Å². The first-order valence-corrected chi connectivity index (χ1v) is 3.82. The number of hydrogen-bond donors (Lipinski definition) is 2. The van der Waals surface area contributed by atoms with Crippen molar-refractivity contribution >= 4 is 5.91 Å². The number of nitrogens with zero attached hydrogens (tertiary/aromatic N) is 1. The molecule has 0 aromatic heterocycles. The summed E-state index contributed by atoms with van der Waals surface area (Å²) >= 11 is 0. The maximum absolute atomic E-state index is 10.9. The molecule has 0 aliphatic carbocycles. The van der Waals surface area contributed by atoms with Crippen LogP contribution < -0.4 is 10.6 Å². The van der Waals surface area contributed by atoms with Crippen LogP contribution in [0.4, 0.5) is 0 Å². The SMILES string of the molecule is C[C@H](O)C(=O)N[C@H]1CC[N]C1. The van der Waals surface area contributed by atoms with Crippen LogP contribution in [0.15, 0.2) is 0 Å². The molecule has 0 aromatic carbocycles. The average Bonchev–Trinajstić information content (AvgIpc) is 2.39. The summed E-state index contributed by atoms with van der Waals surface area (Å²) in [5.74, 6) is -0.299. The van der Waals surface area contributed by atoms with E-state index in [0.29, 0.717) is 6.54 Å². The van der Waals surface area contributed by atoms with Crippen molar-refractivity contribution < 1.29 is 9.90 Å². The van der Waals surface area contributed by atoms with Crippen molar-refractivity contribution in [2.45, 2.75) is 25.5 Å². The lowest BCUT2D eigenvalue weighted by molar-refractivity contribution is -0.129. The van der Waals surface area contributed by atoms with Crippen LogP contribution >= 0.6 is 0 Å². The summed E-state index contributed by atoms with van der Waals surface area (Å²) in [5.41, 5.74) is 0. The second kappa shape index (κ2) is 3.69. The van der Waals surface area contributed by atoms with Crippen molar-refractivity contribution in [3.63, 3.8) is 0 Å². The maximum Gasteiger partial charge on any atom is 0.248 e. The van der Waals surface area contributed by atoms with Gasteiger partial charge in [-0.15, -0.1) is 0 Å². The molecule has 1 radical (unpaired) electrons. The Kier molecular flexibility index (Phi) is 2.84. The molecule has 0 aromatic rings. The Morgan fingerprint density at radius 1 is 1.82 bits per heavy atom. The number of hydrogen-bond acceptors (Lipinski definition) is 2. The van der Waals surface area contributed by atoms with Gasteiger partial charge in [-0.05, 0) is 13.3 Å². The van der Waals surface area contributed by atoms with Gasteiger partial charge in [-0.1, -0.05) is 0 Å². The smallest absolute Gasteiger partial charge is 0.248 e. The van der Waals surface area contributed by atoms with Crippen molar-refractivity contribution in [1.82, 2.24) is 10.6 Å². The molecule has 0 unspecified atom stereocenters. The van der Waals surface area contributed by atoms with Crippen molar-refractivity contribution in [3.05, 3.63) is 0 Å². The highest BCUT2D eigenvalue weighted by Crippen LogP contribution is 1.98. The van der Waals surface area contributed by atoms with Gasteiger partial charge in [0, 0.05) is 19.1 Å². The van der Waals surface area contributed by atoms with Gasteiger partial charge < -0.3 is 10.4 Å². The molecule has 0 spiro atoms. The molecule has 4 nitrogen and oxygen atoms in total. The highest BCUT2D eigenvalue weighted by atomic mass is 16.3. The van der Waals surface area contributed by atoms with Crippen LogP contribution in [0.1, 0.15) is 13.3 Å². The lowest BCUT2D eigenvalue weighted by Gasteiger charge is -2.11. The molecule has 0 saturated carbocycles. The van der Waals surface area contributed by atoms with Crippen LogP contribution in [-0.4, -0.2) is 36.2 Å². The molecule has 0 bridgehead atoms. The number of nitrogens with one attached hydrogen (secondary N) is 1. The number of rotatable bonds is 2. The standard InChI is InChI=1S/C7H13N2O2/c1-5(10)7(11)9-6-2-3-8-4-6/h5-6,10H,2-4H2,1H3,(H,9,11)/t5-,6-/m0/s1. The lowest BCUT2D eigenvalue weighted by Crippen LogP contribution is -2.40. The van der Waals surface area contributed by atoms with E-state index in [2.05, 4.69) is 10.6 Å². The van der Waals surface area contributed by atoms with Gasteiger partial charge in [-0.2, -0.15) is 0 Å². The number of aliphatic hydroxyl groups is 1. The highest BCUT2D eigenvalue weighted by molar-refractivity contribution is 5.80. The van der Waals surface area contributed by atoms with E-state index in [4.69, 9.17) is 5.11 Å². The minimum absolute atomic E-state index is 0.150. The minimum atomic E-state index is -0.907. The molecular formula is C7H13N2O2. The lowest BCUT2D eigenvalue weighted by atomic mass is 10.2. The fourth-order valence-electron chi connectivity index (χ4n) is 1.03. The second-order valence-corrected chi connectivity index (χ2v) is 2.80. The zero-order chi connectivity index (χ0) is 8.27. The number of carbonyl (C=O) groups excluding carboxylic acids is 1. The van der Waals surface area contributed by atoms with E-state index < -0.39 is 6.10 Å². The fourth-order valence-corrected chi connectivity index (χ4v) is 1.03. The van der Waals surface area contributed by atoms with Gasteiger partial charge in [0.15, 0.2) is 0 Å². The molecule has 1 heterocycles. The number of carbonyl (C=O) groups is 1. The maximum atomic E-state index is 10.9. The van der Waals surface area contributed by atoms with E-state index in [1.807, 2.05) is 0 Å². The second-order valence-electron chi connectivity index (χ2n) is 2.80. The van der Waals surface area contributed by atoms with E-state index in [1.165, 1.54) is 6.92 Å². The van der Waals surface area contributed by atoms with Gasteiger partial charge in [0.25, 0.3) is 0 Å². The van der Waals surface area contributed by atoms with Gasteiger partial charge in [-0.25, -0.2) is 5.32 Å². The minimum Gasteiger partial charge on any atom is -0.384 e. The average molecular weight is 157 g/mol. The summed E-state index contributed by atoms with van der Waals surface area (Å²) in [6, 6.07) is 0.150. The Balaban J connectivity index is 2.24. The van der Waals surface area contributed by atoms with Gasteiger partial charge in [0.05, 0.1) is 0 Å². The van der Waals surface area contributed by atoms with E-state index in [-0.39, 0.29) is 11.9 Å². The van der Waals surface area contributed by atoms with E-state index in [1.54, 1.807) is 0 Å². The van der Waals surface area contributed by atoms with E-state index >= 15 is 0 Å². The number of aliphatic hydroxyl groups excluding tert-OH is 1. The Bertz CT molecular complexity index is 141. The molecule has 1 aliphatic rings. The first-order valence-electron chi connectivity index (χ1n) is 3.82. The third-order valence-corrected chi connectivity index (χ3v) is 1.71. The van der Waals surface area contributed by atoms with E-state index in [9.17, 15) is 4.79 Å². The monoisotopic (exact) mass is 157 g/mol. The van der Waals surface area contributed by atoms with Crippen LogP contribution in [0, 0.1) is 0 Å². The van der Waals surface area contributed by atoms with Crippen molar-refractivity contribution in [3.8, 4) is 0 Å². The summed E-state index contributed by atoms with van der Waals surface area (Å²) in [5, 5.41) is 15.6. The predicted octanol–water partition coefficient (Wildman–Crippen LogP) is -1.14. The summed E-state index contributed by atoms with van der Waals surface area (Å²) in [6.07, 6.45) is -0.00560. The molecular weight excluding hydrogens is 144 g/mol. The van der Waals surface area contributed by atoms with Crippen molar-refractivity contribution in [2.75, 3.05) is 13.1 Å². The summed E-state index contributed by atoms with van der Waals surface area (Å²) in [6.45, 7) is 2.98. The van der Waals surface area contributed by atoms with Crippen LogP contribution in [-0.2, 0) is 4.79 Å². The van der Waals surface area contributed by atoms with Gasteiger partial charge in [-0.3, -0.25) is 4.79 Å². The Hall–Kier alpha value is -0.610. The van der Waals surface area contributed by atoms with Gasteiger partial charge in [0.2, 0.25) is 5.91 Å². The molecule has 4 heteroatoms. The van der Waals surface area contributed by atoms with Gasteiger partial charge in [0.1, 0.15) is 6.10 Å². The highest BCUT2D eigenvalue weighted by Gasteiger charge is 2.19. The van der Waals surface area contributed by atoms with Crippen LogP contribution in [0.3, 0.4) is 0 Å². The zero-order valence-corrected chi connectivity index (χ0v) is 6.58. The Morgan fingerprint density at radius 2 is 2.55 bits per heavy atom. The summed E-state index contributed by atoms with van der Waals surface area (Å²) in [7, 11) is 0.